The minimum Gasteiger partial charge on any atom is -0.355 e. The Balaban J connectivity index is 1.71. The number of carbonyl (C=O) groups is 2. The quantitative estimate of drug-likeness (QED) is 0.628. The minimum absolute atomic E-state index is 0.152. The van der Waals surface area contributed by atoms with Crippen LogP contribution in [0.4, 0.5) is 11.4 Å². The monoisotopic (exact) mass is 359 g/mol. The zero-order chi connectivity index (χ0) is 19.1. The Morgan fingerprint density at radius 3 is 2.33 bits per heavy atom. The van der Waals surface area contributed by atoms with E-state index >= 15 is 0 Å². The van der Waals surface area contributed by atoms with E-state index in [-0.39, 0.29) is 11.8 Å². The van der Waals surface area contributed by atoms with Crippen molar-refractivity contribution in [2.45, 2.75) is 6.54 Å². The Hall–Kier alpha value is -3.60. The molecule has 0 unspecified atom stereocenters. The third-order valence-electron chi connectivity index (χ3n) is 4.09. The maximum atomic E-state index is 12.7. The summed E-state index contributed by atoms with van der Waals surface area (Å²) in [6.07, 6.45) is 0. The van der Waals surface area contributed by atoms with Gasteiger partial charge in [-0.15, -0.1) is 0 Å². The van der Waals surface area contributed by atoms with Crippen molar-refractivity contribution in [3.63, 3.8) is 0 Å². The molecule has 5 nitrogen and oxygen atoms in total. The molecule has 0 saturated heterocycles. The van der Waals surface area contributed by atoms with Crippen molar-refractivity contribution in [1.82, 2.24) is 10.6 Å². The van der Waals surface area contributed by atoms with Crippen molar-refractivity contribution >= 4 is 23.2 Å². The molecule has 0 fully saturated rings. The molecule has 0 heterocycles. The first kappa shape index (κ1) is 18.2. The third-order valence-corrected chi connectivity index (χ3v) is 4.09. The average Bonchev–Trinajstić information content (AvgIpc) is 2.73. The molecule has 3 aromatic rings. The summed E-state index contributed by atoms with van der Waals surface area (Å²) in [5.41, 5.74) is 3.63. The van der Waals surface area contributed by atoms with Crippen LogP contribution < -0.4 is 16.0 Å². The van der Waals surface area contributed by atoms with Crippen molar-refractivity contribution in [1.29, 1.82) is 0 Å². The second-order valence-corrected chi connectivity index (χ2v) is 6.00. The lowest BCUT2D eigenvalue weighted by molar-refractivity contribution is 0.0949. The van der Waals surface area contributed by atoms with Gasteiger partial charge in [0.15, 0.2) is 0 Å². The fourth-order valence-corrected chi connectivity index (χ4v) is 2.71. The number of rotatable bonds is 6. The van der Waals surface area contributed by atoms with Crippen molar-refractivity contribution in [2.75, 3.05) is 12.4 Å². The first-order chi connectivity index (χ1) is 13.2. The van der Waals surface area contributed by atoms with Crippen molar-refractivity contribution in [3.8, 4) is 0 Å². The molecule has 0 aromatic heterocycles. The number of carbonyl (C=O) groups excluding carboxylic acids is 2. The van der Waals surface area contributed by atoms with Crippen molar-refractivity contribution < 1.29 is 9.59 Å². The number of hydrogen-bond acceptors (Lipinski definition) is 3. The molecule has 3 aromatic carbocycles. The third kappa shape index (κ3) is 4.73. The van der Waals surface area contributed by atoms with Crippen LogP contribution in [0.25, 0.3) is 0 Å². The number of para-hydroxylation sites is 2. The van der Waals surface area contributed by atoms with Gasteiger partial charge in [0.25, 0.3) is 11.8 Å². The van der Waals surface area contributed by atoms with Crippen LogP contribution >= 0.6 is 0 Å². The van der Waals surface area contributed by atoms with Crippen LogP contribution in [0.5, 0.6) is 0 Å². The Bertz CT molecular complexity index is 939. The van der Waals surface area contributed by atoms with Gasteiger partial charge in [0.05, 0.1) is 11.3 Å². The SMILES string of the molecule is CNC(=O)c1cccc(CNC(=O)c2ccccc2Nc2ccccc2)c1. The highest BCUT2D eigenvalue weighted by Crippen LogP contribution is 2.20. The lowest BCUT2D eigenvalue weighted by Gasteiger charge is -2.12. The Morgan fingerprint density at radius 1 is 0.815 bits per heavy atom. The molecule has 2 amide bonds. The van der Waals surface area contributed by atoms with Gasteiger partial charge in [0.1, 0.15) is 0 Å². The van der Waals surface area contributed by atoms with Crippen molar-refractivity contribution in [2.24, 2.45) is 0 Å². The van der Waals surface area contributed by atoms with E-state index in [0.717, 1.165) is 16.9 Å². The predicted octanol–water partition coefficient (Wildman–Crippen LogP) is 3.72. The molecule has 0 aliphatic rings. The van der Waals surface area contributed by atoms with Gasteiger partial charge in [-0.1, -0.05) is 42.5 Å². The zero-order valence-electron chi connectivity index (χ0n) is 15.0. The smallest absolute Gasteiger partial charge is 0.253 e. The molecule has 0 radical (unpaired) electrons. The first-order valence-corrected chi connectivity index (χ1v) is 8.67. The van der Waals surface area contributed by atoms with Crippen LogP contribution in [-0.2, 0) is 6.54 Å². The molecule has 3 N–H and O–H groups in total. The molecule has 0 aliphatic heterocycles. The number of hydrogen-bond donors (Lipinski definition) is 3. The average molecular weight is 359 g/mol. The summed E-state index contributed by atoms with van der Waals surface area (Å²) in [7, 11) is 1.59. The largest absolute Gasteiger partial charge is 0.355 e. The van der Waals surface area contributed by atoms with E-state index < -0.39 is 0 Å². The summed E-state index contributed by atoms with van der Waals surface area (Å²) in [4.78, 5) is 24.4. The highest BCUT2D eigenvalue weighted by molar-refractivity contribution is 6.00. The zero-order valence-corrected chi connectivity index (χ0v) is 15.0. The highest BCUT2D eigenvalue weighted by Gasteiger charge is 2.11. The molecule has 0 bridgehead atoms. The molecular formula is C22H21N3O2. The Labute approximate surface area is 158 Å². The topological polar surface area (TPSA) is 70.2 Å². The second-order valence-electron chi connectivity index (χ2n) is 6.00. The van der Waals surface area contributed by atoms with Gasteiger partial charge < -0.3 is 16.0 Å². The van der Waals surface area contributed by atoms with Crippen LogP contribution in [0.3, 0.4) is 0 Å². The van der Waals surface area contributed by atoms with E-state index in [1.807, 2.05) is 54.6 Å². The van der Waals surface area contributed by atoms with Crippen LogP contribution in [0.1, 0.15) is 26.3 Å². The number of anilines is 2. The van der Waals surface area contributed by atoms with E-state index in [4.69, 9.17) is 0 Å². The minimum atomic E-state index is -0.181. The molecule has 5 heteroatoms. The number of benzene rings is 3. The van der Waals surface area contributed by atoms with Crippen molar-refractivity contribution in [3.05, 3.63) is 95.6 Å². The van der Waals surface area contributed by atoms with E-state index in [1.54, 1.807) is 31.3 Å². The van der Waals surface area contributed by atoms with Gasteiger partial charge in [-0.3, -0.25) is 9.59 Å². The van der Waals surface area contributed by atoms with E-state index in [1.165, 1.54) is 0 Å². The fourth-order valence-electron chi connectivity index (χ4n) is 2.71. The molecule has 3 rings (SSSR count). The summed E-state index contributed by atoms with van der Waals surface area (Å²) >= 11 is 0. The van der Waals surface area contributed by atoms with E-state index in [9.17, 15) is 9.59 Å². The molecular weight excluding hydrogens is 338 g/mol. The molecule has 0 saturated carbocycles. The van der Waals surface area contributed by atoms with Crippen LogP contribution in [0.2, 0.25) is 0 Å². The first-order valence-electron chi connectivity index (χ1n) is 8.67. The van der Waals surface area contributed by atoms with E-state index in [0.29, 0.717) is 17.7 Å². The maximum Gasteiger partial charge on any atom is 0.253 e. The van der Waals surface area contributed by atoms with Crippen LogP contribution in [0, 0.1) is 0 Å². The summed E-state index contributed by atoms with van der Waals surface area (Å²) in [6, 6.07) is 24.2. The van der Waals surface area contributed by atoms with Gasteiger partial charge >= 0.3 is 0 Å². The van der Waals surface area contributed by atoms with Gasteiger partial charge in [0, 0.05) is 24.8 Å². The van der Waals surface area contributed by atoms with Crippen LogP contribution in [-0.4, -0.2) is 18.9 Å². The number of amides is 2. The Morgan fingerprint density at radius 2 is 1.56 bits per heavy atom. The molecule has 0 atom stereocenters. The Kier molecular flexibility index (Phi) is 5.84. The molecule has 27 heavy (non-hydrogen) atoms. The second kappa shape index (κ2) is 8.67. The lowest BCUT2D eigenvalue weighted by Crippen LogP contribution is -2.24. The molecule has 0 aliphatic carbocycles. The summed E-state index contributed by atoms with van der Waals surface area (Å²) in [6.45, 7) is 0.337. The van der Waals surface area contributed by atoms with E-state index in [2.05, 4.69) is 16.0 Å². The van der Waals surface area contributed by atoms with Gasteiger partial charge in [0.2, 0.25) is 0 Å². The maximum absolute atomic E-state index is 12.7. The predicted molar refractivity (Wildman–Crippen MR) is 107 cm³/mol. The fraction of sp³-hybridized carbons (Fsp3) is 0.0909. The van der Waals surface area contributed by atoms with Crippen LogP contribution in [0.15, 0.2) is 78.9 Å². The molecule has 136 valence electrons. The lowest BCUT2D eigenvalue weighted by atomic mass is 10.1. The standard InChI is InChI=1S/C22H21N3O2/c1-23-21(26)17-9-7-8-16(14-17)15-24-22(27)19-12-5-6-13-20(19)25-18-10-3-2-4-11-18/h2-14,25H,15H2,1H3,(H,23,26)(H,24,27). The normalized spacial score (nSPS) is 10.1. The summed E-state index contributed by atoms with van der Waals surface area (Å²) < 4.78 is 0. The molecule has 0 spiro atoms. The van der Waals surface area contributed by atoms with Gasteiger partial charge in [-0.2, -0.15) is 0 Å². The highest BCUT2D eigenvalue weighted by atomic mass is 16.2. The van der Waals surface area contributed by atoms with Gasteiger partial charge in [-0.25, -0.2) is 0 Å². The summed E-state index contributed by atoms with van der Waals surface area (Å²) in [5, 5.41) is 8.78. The summed E-state index contributed by atoms with van der Waals surface area (Å²) in [5.74, 6) is -0.333. The van der Waals surface area contributed by atoms with Gasteiger partial charge in [-0.05, 0) is 42.0 Å². The number of nitrogens with one attached hydrogen (secondary N) is 3.